The standard InChI is InChI=1S/C71H89N5O26/c1-35-20-46-65(89)75(69(91)97-33-38-12-14-49(42(23-38)48(79)28-71(4,5)6)99-67-60(84)58(82)56(80)54(31-77)101-67)44-26-51(37(3)22-40(44)63(87)73(46)29-35)95-17-10-9-11-18-96-53-27-45-41(25-52(53)94-8)64(88)74-30-36(2)21-47(74)66(90)76(45)70(92)98-34-39-13-15-50(43(24-39)62(86)72-16-19-93-7)100-68-61(85)59(83)57(81)55(32-78)102-68/h12-15,22-27,46-47,54-61,65-68,77-78,80-85,89-90H,1-2,9-11,16-21,28-34H2,3-8H3,(H,72,86)/t46-,47-,54+,55+,56-,57-,58-,59-,60+,61+,65?,66?,67+,68+/m0/s1. The van der Waals surface area contributed by atoms with Gasteiger partial charge in [-0.2, -0.15) is 0 Å². The normalized spacial score (nSPS) is 26.3. The van der Waals surface area contributed by atoms with Crippen molar-refractivity contribution in [2.24, 2.45) is 5.41 Å². The Morgan fingerprint density at radius 1 is 0.578 bits per heavy atom. The van der Waals surface area contributed by atoms with Gasteiger partial charge < -0.3 is 114 Å². The maximum atomic E-state index is 14.5. The molecule has 2 unspecified atom stereocenters. The number of benzene rings is 4. The van der Waals surface area contributed by atoms with Crippen LogP contribution in [0.15, 0.2) is 85.0 Å². The van der Waals surface area contributed by atoms with E-state index in [-0.39, 0.29) is 127 Å². The monoisotopic (exact) mass is 1430 g/mol. The molecule has 6 aliphatic heterocycles. The van der Waals surface area contributed by atoms with Crippen LogP contribution in [0.1, 0.15) is 117 Å². The third kappa shape index (κ3) is 16.4. The first kappa shape index (κ1) is 76.1. The summed E-state index contributed by atoms with van der Waals surface area (Å²) in [5.41, 5.74) is 1.70. The number of fused-ring (bicyclic) bond motifs is 4. The van der Waals surface area contributed by atoms with Crippen molar-refractivity contribution >= 4 is 47.1 Å². The van der Waals surface area contributed by atoms with Gasteiger partial charge in [-0.3, -0.25) is 19.2 Å². The molecule has 6 aliphatic rings. The van der Waals surface area contributed by atoms with Crippen molar-refractivity contribution in [3.05, 3.63) is 124 Å². The summed E-state index contributed by atoms with van der Waals surface area (Å²) in [5.74, 6) is -1.79. The zero-order valence-corrected chi connectivity index (χ0v) is 57.4. The first-order chi connectivity index (χ1) is 48.6. The largest absolute Gasteiger partial charge is 0.493 e. The second kappa shape index (κ2) is 32.4. The van der Waals surface area contributed by atoms with Gasteiger partial charge >= 0.3 is 12.2 Å². The fraction of sp³-hybridized carbons (Fsp3) is 0.521. The lowest BCUT2D eigenvalue weighted by Gasteiger charge is -2.39. The first-order valence-corrected chi connectivity index (χ1v) is 33.4. The van der Waals surface area contributed by atoms with Crippen LogP contribution in [0.3, 0.4) is 0 Å². The summed E-state index contributed by atoms with van der Waals surface area (Å²) in [6.45, 7) is 13.6. The highest BCUT2D eigenvalue weighted by Gasteiger charge is 2.50. The molecule has 4 fully saturated rings. The molecule has 0 radical (unpaired) electrons. The van der Waals surface area contributed by atoms with E-state index in [0.29, 0.717) is 41.5 Å². The smallest absolute Gasteiger partial charge is 0.416 e. The molecule has 4 saturated heterocycles. The number of rotatable bonds is 25. The molecule has 4 aromatic carbocycles. The Morgan fingerprint density at radius 3 is 1.53 bits per heavy atom. The van der Waals surface area contributed by atoms with Crippen molar-refractivity contribution in [1.29, 1.82) is 0 Å². The Labute approximate surface area is 587 Å². The molecular formula is C71H89N5O26. The number of nitrogens with zero attached hydrogens (tertiary/aromatic N) is 4. The summed E-state index contributed by atoms with van der Waals surface area (Å²) in [4.78, 5) is 90.1. The number of aliphatic hydroxyl groups is 10. The molecule has 554 valence electrons. The number of unbranched alkanes of at least 4 members (excludes halogenated alkanes) is 2. The minimum absolute atomic E-state index is 0.00186. The van der Waals surface area contributed by atoms with Gasteiger partial charge in [-0.25, -0.2) is 19.4 Å². The molecule has 0 bridgehead atoms. The number of ketones is 1. The van der Waals surface area contributed by atoms with Gasteiger partial charge in [0.2, 0.25) is 12.6 Å². The second-order valence-corrected chi connectivity index (χ2v) is 27.2. The number of methoxy groups -OCH3 is 2. The van der Waals surface area contributed by atoms with Gasteiger partial charge in [0.15, 0.2) is 29.7 Å². The number of aryl methyl sites for hydroxylation is 1. The van der Waals surface area contributed by atoms with Crippen molar-refractivity contribution in [2.75, 3.05) is 76.7 Å². The minimum Gasteiger partial charge on any atom is -0.493 e. The van der Waals surface area contributed by atoms with Crippen molar-refractivity contribution in [3.8, 4) is 28.7 Å². The van der Waals surface area contributed by atoms with Crippen LogP contribution in [0.25, 0.3) is 0 Å². The van der Waals surface area contributed by atoms with Gasteiger partial charge in [0.1, 0.15) is 79.3 Å². The Kier molecular flexibility index (Phi) is 24.2. The molecule has 0 aliphatic carbocycles. The van der Waals surface area contributed by atoms with Crippen molar-refractivity contribution in [3.63, 3.8) is 0 Å². The molecule has 5 amide bonds. The Morgan fingerprint density at radius 2 is 1.05 bits per heavy atom. The highest BCUT2D eigenvalue weighted by Crippen LogP contribution is 2.44. The summed E-state index contributed by atoms with van der Waals surface area (Å²) in [6.07, 6.45) is -20.0. The maximum Gasteiger partial charge on any atom is 0.416 e. The lowest BCUT2D eigenvalue weighted by Crippen LogP contribution is -2.60. The molecule has 0 saturated carbocycles. The van der Waals surface area contributed by atoms with Crippen LogP contribution in [0.5, 0.6) is 28.7 Å². The molecule has 31 heteroatoms. The van der Waals surface area contributed by atoms with Gasteiger partial charge in [0.25, 0.3) is 17.7 Å². The summed E-state index contributed by atoms with van der Waals surface area (Å²) >= 11 is 0. The Bertz CT molecular complexity index is 3780. The number of nitrogens with one attached hydrogen (secondary N) is 1. The lowest BCUT2D eigenvalue weighted by molar-refractivity contribution is -0.277. The van der Waals surface area contributed by atoms with Crippen molar-refractivity contribution in [1.82, 2.24) is 15.1 Å². The number of hydrogen-bond donors (Lipinski definition) is 11. The highest BCUT2D eigenvalue weighted by atomic mass is 16.7. The fourth-order valence-electron chi connectivity index (χ4n) is 13.0. The molecule has 14 atom stereocenters. The second-order valence-electron chi connectivity index (χ2n) is 27.2. The Hall–Kier alpha value is -8.54. The van der Waals surface area contributed by atoms with E-state index >= 15 is 0 Å². The van der Waals surface area contributed by atoms with E-state index in [4.69, 9.17) is 47.4 Å². The van der Waals surface area contributed by atoms with E-state index in [9.17, 15) is 79.8 Å². The van der Waals surface area contributed by atoms with Crippen molar-refractivity contribution in [2.45, 2.75) is 165 Å². The molecule has 0 aromatic heterocycles. The Balaban J connectivity index is 0.815. The predicted octanol–water partition coefficient (Wildman–Crippen LogP) is 2.48. The van der Waals surface area contributed by atoms with Gasteiger partial charge in [0.05, 0.1) is 85.9 Å². The number of ether oxygens (including phenoxy) is 10. The number of carbonyl (C=O) groups excluding carboxylic acids is 6. The first-order valence-electron chi connectivity index (χ1n) is 33.4. The van der Waals surface area contributed by atoms with Crippen LogP contribution in [-0.4, -0.2) is 249 Å². The fourth-order valence-corrected chi connectivity index (χ4v) is 13.0. The topological polar surface area (TPSA) is 422 Å². The third-order valence-corrected chi connectivity index (χ3v) is 18.4. The SMILES string of the molecule is C=C1C[C@H]2C(O)N(C(=O)OCc3ccc(O[C@@H]4O[C@H](CO)[C@H](O)[C@H](O)[C@H]4O)c(C(=O)CC(C)(C)C)c3)c3cc(OCCCCCOc4cc5c(cc4OC)C(=O)N4CC(=C)C[C@H]4C(O)N5C(=O)OCc4ccc(O[C@@H]5O[C@H](CO)[C@H](O)[C@H](O)[C@H]5O)c(C(=O)NCCOC)c4)c(C)cc3C(=O)N2C1. The minimum atomic E-state index is -1.81. The molecule has 6 heterocycles. The van der Waals surface area contributed by atoms with Crippen LogP contribution in [-0.2, 0) is 36.9 Å². The van der Waals surface area contributed by atoms with Crippen LogP contribution in [0.4, 0.5) is 21.0 Å². The van der Waals surface area contributed by atoms with Gasteiger partial charge in [-0.1, -0.05) is 57.2 Å². The molecular weight excluding hydrogens is 1340 g/mol. The zero-order chi connectivity index (χ0) is 73.8. The van der Waals surface area contributed by atoms with E-state index in [1.54, 1.807) is 13.0 Å². The number of Topliss-reactive ketones (excluding diaryl/α,β-unsaturated/α-hetero) is 1. The van der Waals surface area contributed by atoms with E-state index < -0.39 is 153 Å². The van der Waals surface area contributed by atoms with Crippen LogP contribution in [0.2, 0.25) is 0 Å². The average molecular weight is 1430 g/mol. The number of hydrogen-bond acceptors (Lipinski definition) is 26. The van der Waals surface area contributed by atoms with Crippen LogP contribution < -0.4 is 38.8 Å². The van der Waals surface area contributed by atoms with E-state index in [0.717, 1.165) is 9.80 Å². The number of anilines is 2. The van der Waals surface area contributed by atoms with Gasteiger partial charge in [-0.15, -0.1) is 0 Å². The van der Waals surface area contributed by atoms with Crippen LogP contribution >= 0.6 is 0 Å². The lowest BCUT2D eigenvalue weighted by atomic mass is 9.87. The summed E-state index contributed by atoms with van der Waals surface area (Å²) in [6, 6.07) is 12.4. The third-order valence-electron chi connectivity index (χ3n) is 18.4. The summed E-state index contributed by atoms with van der Waals surface area (Å²) in [5, 5.41) is 109. The number of carbonyl (C=O) groups is 6. The molecule has 4 aromatic rings. The molecule has 11 N–H and O–H groups in total. The van der Waals surface area contributed by atoms with Gasteiger partial charge in [0, 0.05) is 45.3 Å². The quantitative estimate of drug-likeness (QED) is 0.0258. The molecule has 31 nitrogen and oxygen atoms in total. The van der Waals surface area contributed by atoms with E-state index in [1.807, 2.05) is 20.8 Å². The highest BCUT2D eigenvalue weighted by molar-refractivity contribution is 6.07. The van der Waals surface area contributed by atoms with E-state index in [2.05, 4.69) is 18.5 Å². The van der Waals surface area contributed by atoms with Gasteiger partial charge in [-0.05, 0) is 97.5 Å². The number of amides is 5. The number of aliphatic hydroxyl groups excluding tert-OH is 10. The van der Waals surface area contributed by atoms with E-state index in [1.165, 1.54) is 78.6 Å². The van der Waals surface area contributed by atoms with Crippen LogP contribution in [0, 0.1) is 12.3 Å². The average Bonchev–Trinajstić information content (AvgIpc) is 1.59. The molecule has 102 heavy (non-hydrogen) atoms. The summed E-state index contributed by atoms with van der Waals surface area (Å²) in [7, 11) is 2.81. The maximum absolute atomic E-state index is 14.5. The van der Waals surface area contributed by atoms with Crippen molar-refractivity contribution < 1.29 is 127 Å². The molecule has 0 spiro atoms. The zero-order valence-electron chi connectivity index (χ0n) is 57.4. The molecule has 10 rings (SSSR count). The predicted molar refractivity (Wildman–Crippen MR) is 358 cm³/mol. The summed E-state index contributed by atoms with van der Waals surface area (Å²) < 4.78 is 57.9.